The topological polar surface area (TPSA) is 67.9 Å². The molecule has 7 heteroatoms. The first-order valence-corrected chi connectivity index (χ1v) is 3.53. The number of hydrogen-bond acceptors (Lipinski definition) is 3. The zero-order valence-electron chi connectivity index (χ0n) is 6.80. The molecule has 0 unspecified atom stereocenters. The lowest BCUT2D eigenvalue weighted by Crippen LogP contribution is -2.60. The minimum Gasteiger partial charge on any atom is -0.329 e. The average molecular weight is 203 g/mol. The van der Waals surface area contributed by atoms with E-state index in [0.29, 0.717) is 4.90 Å². The molecule has 1 heterocycles. The fourth-order valence-electron chi connectivity index (χ4n) is 1.09. The number of likely N-dealkylation sites (tertiary alicyclic amines) is 1. The number of carbonyl (C=O) groups is 1. The molecular weight excluding hydrogens is 199 g/mol. The first-order chi connectivity index (χ1) is 6.34. The lowest BCUT2D eigenvalue weighted by Gasteiger charge is -2.40. The first kappa shape index (κ1) is 10.3. The third kappa shape index (κ3) is 1.49. The standard InChI is InChI=1S/C7H4F3N3O/c8-7(9,10)5(14)13-3-6(1-11,2-12)4-13/h3-4H2. The van der Waals surface area contributed by atoms with Gasteiger partial charge < -0.3 is 4.90 Å². The second-order valence-electron chi connectivity index (χ2n) is 2.96. The predicted molar refractivity (Wildman–Crippen MR) is 36.3 cm³/mol. The molecule has 14 heavy (non-hydrogen) atoms. The van der Waals surface area contributed by atoms with E-state index >= 15 is 0 Å². The molecule has 0 radical (unpaired) electrons. The van der Waals surface area contributed by atoms with Gasteiger partial charge in [0.1, 0.15) is 0 Å². The highest BCUT2D eigenvalue weighted by Gasteiger charge is 2.53. The van der Waals surface area contributed by atoms with Gasteiger partial charge in [0.2, 0.25) is 0 Å². The minimum atomic E-state index is -4.93. The molecule has 1 aliphatic heterocycles. The van der Waals surface area contributed by atoms with E-state index in [4.69, 9.17) is 10.5 Å². The van der Waals surface area contributed by atoms with Gasteiger partial charge in [0.05, 0.1) is 25.2 Å². The number of hydrogen-bond donors (Lipinski definition) is 0. The van der Waals surface area contributed by atoms with Crippen molar-refractivity contribution in [3.63, 3.8) is 0 Å². The Morgan fingerprint density at radius 3 is 2.00 bits per heavy atom. The summed E-state index contributed by atoms with van der Waals surface area (Å²) in [5.74, 6) is -2.00. The molecule has 1 rings (SSSR count). The largest absolute Gasteiger partial charge is 0.471 e. The van der Waals surface area contributed by atoms with Crippen LogP contribution in [-0.4, -0.2) is 30.1 Å². The number of nitriles is 2. The summed E-state index contributed by atoms with van der Waals surface area (Å²) in [5, 5.41) is 16.9. The highest BCUT2D eigenvalue weighted by molar-refractivity contribution is 5.83. The molecule has 0 saturated carbocycles. The highest BCUT2D eigenvalue weighted by atomic mass is 19.4. The maximum absolute atomic E-state index is 11.8. The van der Waals surface area contributed by atoms with Gasteiger partial charge in [0.15, 0.2) is 5.41 Å². The predicted octanol–water partition coefficient (Wildman–Crippen LogP) is 0.424. The summed E-state index contributed by atoms with van der Waals surface area (Å²) in [4.78, 5) is 11.0. The van der Waals surface area contributed by atoms with Crippen LogP contribution in [0.25, 0.3) is 0 Å². The van der Waals surface area contributed by atoms with Gasteiger partial charge in [-0.15, -0.1) is 0 Å². The van der Waals surface area contributed by atoms with Crippen LogP contribution in [0.1, 0.15) is 0 Å². The second kappa shape index (κ2) is 2.88. The van der Waals surface area contributed by atoms with Crippen LogP contribution in [0.3, 0.4) is 0 Å². The Bertz CT molecular complexity index is 327. The highest BCUT2D eigenvalue weighted by Crippen LogP contribution is 2.32. The molecule has 0 aliphatic carbocycles. The fourth-order valence-corrected chi connectivity index (χ4v) is 1.09. The van der Waals surface area contributed by atoms with E-state index in [2.05, 4.69) is 0 Å². The van der Waals surface area contributed by atoms with E-state index in [1.807, 2.05) is 0 Å². The molecule has 1 saturated heterocycles. The fraction of sp³-hybridized carbons (Fsp3) is 0.571. The monoisotopic (exact) mass is 203 g/mol. The molecule has 74 valence electrons. The third-order valence-corrected chi connectivity index (χ3v) is 1.88. The van der Waals surface area contributed by atoms with Crippen LogP contribution in [0.4, 0.5) is 13.2 Å². The number of halogens is 3. The van der Waals surface area contributed by atoms with Gasteiger partial charge in [-0.05, 0) is 0 Å². The van der Waals surface area contributed by atoms with Gasteiger partial charge in [-0.1, -0.05) is 0 Å². The van der Waals surface area contributed by atoms with Crippen molar-refractivity contribution >= 4 is 5.91 Å². The summed E-state index contributed by atoms with van der Waals surface area (Å²) in [6.45, 7) is -0.948. The normalized spacial score (nSPS) is 19.1. The quantitative estimate of drug-likeness (QED) is 0.573. The Morgan fingerprint density at radius 1 is 1.29 bits per heavy atom. The minimum absolute atomic E-state index is 0.437. The molecule has 0 aromatic heterocycles. The molecule has 0 N–H and O–H groups in total. The number of carbonyl (C=O) groups excluding carboxylic acids is 1. The molecule has 0 aromatic rings. The van der Waals surface area contributed by atoms with E-state index in [1.54, 1.807) is 12.1 Å². The van der Waals surface area contributed by atoms with Gasteiger partial charge in [0.25, 0.3) is 0 Å². The Morgan fingerprint density at radius 2 is 1.71 bits per heavy atom. The number of rotatable bonds is 0. The zero-order chi connectivity index (χ0) is 11.0. The van der Waals surface area contributed by atoms with E-state index in [9.17, 15) is 18.0 Å². The molecule has 0 spiro atoms. The van der Waals surface area contributed by atoms with E-state index in [-0.39, 0.29) is 0 Å². The van der Waals surface area contributed by atoms with Gasteiger partial charge in [-0.25, -0.2) is 0 Å². The Labute approximate surface area is 77.1 Å². The SMILES string of the molecule is N#CC1(C#N)CN(C(=O)C(F)(F)F)C1. The number of alkyl halides is 3. The first-order valence-electron chi connectivity index (χ1n) is 3.53. The Kier molecular flexibility index (Phi) is 2.12. The van der Waals surface area contributed by atoms with Crippen LogP contribution in [0.15, 0.2) is 0 Å². The third-order valence-electron chi connectivity index (χ3n) is 1.88. The van der Waals surface area contributed by atoms with E-state index in [0.717, 1.165) is 0 Å². The summed E-state index contributed by atoms with van der Waals surface area (Å²) >= 11 is 0. The van der Waals surface area contributed by atoms with E-state index in [1.165, 1.54) is 0 Å². The Balaban J connectivity index is 2.64. The maximum atomic E-state index is 11.8. The second-order valence-corrected chi connectivity index (χ2v) is 2.96. The summed E-state index contributed by atoms with van der Waals surface area (Å²) in [6.07, 6.45) is -4.93. The van der Waals surface area contributed by atoms with Crippen molar-refractivity contribution in [2.45, 2.75) is 6.18 Å². The van der Waals surface area contributed by atoms with Gasteiger partial charge in [-0.2, -0.15) is 23.7 Å². The lowest BCUT2D eigenvalue weighted by molar-refractivity contribution is -0.192. The van der Waals surface area contributed by atoms with Crippen LogP contribution in [0.5, 0.6) is 0 Å². The molecule has 1 fully saturated rings. The molecule has 0 atom stereocenters. The van der Waals surface area contributed by atoms with Crippen molar-refractivity contribution in [2.75, 3.05) is 13.1 Å². The lowest BCUT2D eigenvalue weighted by atomic mass is 9.83. The number of nitrogens with zero attached hydrogens (tertiary/aromatic N) is 3. The van der Waals surface area contributed by atoms with Gasteiger partial charge >= 0.3 is 12.1 Å². The van der Waals surface area contributed by atoms with Crippen LogP contribution >= 0.6 is 0 Å². The summed E-state index contributed by atoms with van der Waals surface area (Å²) in [6, 6.07) is 3.16. The smallest absolute Gasteiger partial charge is 0.329 e. The average Bonchev–Trinajstić information content (AvgIpc) is 2.02. The van der Waals surface area contributed by atoms with Crippen molar-refractivity contribution in [3.8, 4) is 12.1 Å². The Hall–Kier alpha value is -1.76. The van der Waals surface area contributed by atoms with Crippen molar-refractivity contribution in [1.82, 2.24) is 4.90 Å². The van der Waals surface area contributed by atoms with Crippen LogP contribution in [-0.2, 0) is 4.79 Å². The molecule has 4 nitrogen and oxygen atoms in total. The van der Waals surface area contributed by atoms with Crippen LogP contribution in [0, 0.1) is 28.1 Å². The van der Waals surface area contributed by atoms with Crippen LogP contribution in [0.2, 0.25) is 0 Å². The zero-order valence-corrected chi connectivity index (χ0v) is 6.80. The van der Waals surface area contributed by atoms with Crippen molar-refractivity contribution < 1.29 is 18.0 Å². The summed E-state index contributed by atoms with van der Waals surface area (Å²) in [5.41, 5.74) is -1.46. The maximum Gasteiger partial charge on any atom is 0.471 e. The summed E-state index contributed by atoms with van der Waals surface area (Å²) in [7, 11) is 0. The van der Waals surface area contributed by atoms with Crippen molar-refractivity contribution in [1.29, 1.82) is 10.5 Å². The number of amides is 1. The molecular formula is C7H4F3N3O. The molecule has 1 aliphatic rings. The van der Waals surface area contributed by atoms with Crippen molar-refractivity contribution in [3.05, 3.63) is 0 Å². The van der Waals surface area contributed by atoms with Gasteiger partial charge in [-0.3, -0.25) is 4.79 Å². The molecule has 0 bridgehead atoms. The van der Waals surface area contributed by atoms with Gasteiger partial charge in [0, 0.05) is 0 Å². The summed E-state index contributed by atoms with van der Waals surface area (Å²) < 4.78 is 35.5. The molecule has 1 amide bonds. The molecule has 0 aromatic carbocycles. The van der Waals surface area contributed by atoms with Crippen LogP contribution < -0.4 is 0 Å². The van der Waals surface area contributed by atoms with E-state index < -0.39 is 30.6 Å². The van der Waals surface area contributed by atoms with Crippen molar-refractivity contribution in [2.24, 2.45) is 5.41 Å².